The molecule has 1 saturated carbocycles. The van der Waals surface area contributed by atoms with Gasteiger partial charge in [-0.3, -0.25) is 24.2 Å². The van der Waals surface area contributed by atoms with Crippen LogP contribution in [0.25, 0.3) is 0 Å². The van der Waals surface area contributed by atoms with E-state index in [0.29, 0.717) is 23.2 Å². The second-order valence-electron chi connectivity index (χ2n) is 8.49. The molecule has 2 aromatic rings. The van der Waals surface area contributed by atoms with Crippen LogP contribution < -0.4 is 5.32 Å². The van der Waals surface area contributed by atoms with E-state index in [1.165, 1.54) is 4.90 Å². The first-order valence-corrected chi connectivity index (χ1v) is 11.6. The first-order valence-electron chi connectivity index (χ1n) is 11.6. The average Bonchev–Trinajstić information content (AvgIpc) is 3.44. The number of hydrogen-bond donors (Lipinski definition) is 1. The number of likely N-dealkylation sites (N-methyl/N-ethyl adjacent to an activating group) is 1. The third-order valence-corrected chi connectivity index (χ3v) is 6.70. The minimum absolute atomic E-state index is 0.0310. The lowest BCUT2D eigenvalue weighted by Gasteiger charge is -2.29. The summed E-state index contributed by atoms with van der Waals surface area (Å²) in [5.41, 5.74) is 1.11. The molecule has 170 valence electrons. The highest BCUT2D eigenvalue weighted by Gasteiger charge is 2.40. The van der Waals surface area contributed by atoms with Crippen molar-refractivity contribution in [3.05, 3.63) is 59.0 Å². The molecule has 0 bridgehead atoms. The van der Waals surface area contributed by atoms with E-state index in [2.05, 4.69) is 24.1 Å². The van der Waals surface area contributed by atoms with Crippen molar-refractivity contribution in [3.8, 4) is 0 Å². The highest BCUT2D eigenvalue weighted by Crippen LogP contribution is 2.31. The molecule has 32 heavy (non-hydrogen) atoms. The molecule has 3 amide bonds. The summed E-state index contributed by atoms with van der Waals surface area (Å²) in [6.07, 6.45) is 6.58. The Morgan fingerprint density at radius 1 is 1.09 bits per heavy atom. The smallest absolute Gasteiger partial charge is 0.261 e. The summed E-state index contributed by atoms with van der Waals surface area (Å²) in [7, 11) is 0. The zero-order chi connectivity index (χ0) is 22.7. The average molecular weight is 438 g/mol. The largest absolute Gasteiger partial charge is 0.468 e. The number of fused-ring (bicyclic) bond motifs is 1. The molecule has 0 spiro atoms. The van der Waals surface area contributed by atoms with Gasteiger partial charge in [-0.25, -0.2) is 0 Å². The summed E-state index contributed by atoms with van der Waals surface area (Å²) in [5, 5.41) is 2.98. The van der Waals surface area contributed by atoms with Crippen molar-refractivity contribution in [3.63, 3.8) is 0 Å². The van der Waals surface area contributed by atoms with Gasteiger partial charge in [-0.2, -0.15) is 0 Å². The van der Waals surface area contributed by atoms with Crippen LogP contribution in [0.2, 0.25) is 0 Å². The van der Waals surface area contributed by atoms with Gasteiger partial charge in [-0.05, 0) is 56.3 Å². The highest BCUT2D eigenvalue weighted by atomic mass is 16.3. The van der Waals surface area contributed by atoms with Crippen molar-refractivity contribution in [2.75, 3.05) is 19.6 Å². The lowest BCUT2D eigenvalue weighted by atomic mass is 9.94. The lowest BCUT2D eigenvalue weighted by Crippen LogP contribution is -2.40. The zero-order valence-corrected chi connectivity index (χ0v) is 18.8. The number of nitrogens with one attached hydrogen (secondary N) is 1. The van der Waals surface area contributed by atoms with Crippen LogP contribution in [-0.4, -0.2) is 53.2 Å². The molecule has 1 aliphatic heterocycles. The first-order chi connectivity index (χ1) is 15.5. The molecule has 2 heterocycles. The van der Waals surface area contributed by atoms with Crippen molar-refractivity contribution in [1.82, 2.24) is 15.1 Å². The fourth-order valence-electron chi connectivity index (χ4n) is 4.92. The summed E-state index contributed by atoms with van der Waals surface area (Å²) in [5.74, 6) is 0.0196. The number of imide groups is 1. The van der Waals surface area contributed by atoms with E-state index in [-0.39, 0.29) is 29.8 Å². The molecule has 1 fully saturated rings. The van der Waals surface area contributed by atoms with Crippen LogP contribution in [0.15, 0.2) is 41.0 Å². The zero-order valence-electron chi connectivity index (χ0n) is 18.8. The summed E-state index contributed by atoms with van der Waals surface area (Å²) in [6.45, 7) is 6.17. The van der Waals surface area contributed by atoms with Crippen molar-refractivity contribution in [2.24, 2.45) is 0 Å². The number of benzene rings is 1. The first kappa shape index (κ1) is 22.3. The number of carbonyl (C=O) groups excluding carboxylic acids is 3. The SMILES string of the molecule is CCN(CC)C(CNC(=O)c1ccc2c(c1)C(=O)N(C1CCCCC1)C2=O)c1ccco1. The van der Waals surface area contributed by atoms with Gasteiger partial charge in [0.2, 0.25) is 0 Å². The minimum Gasteiger partial charge on any atom is -0.468 e. The number of furan rings is 1. The maximum atomic E-state index is 13.0. The predicted octanol–water partition coefficient (Wildman–Crippen LogP) is 4.02. The van der Waals surface area contributed by atoms with Crippen LogP contribution in [0.3, 0.4) is 0 Å². The van der Waals surface area contributed by atoms with Crippen molar-refractivity contribution < 1.29 is 18.8 Å². The number of rotatable bonds is 8. The van der Waals surface area contributed by atoms with Gasteiger partial charge in [0.25, 0.3) is 17.7 Å². The van der Waals surface area contributed by atoms with E-state index in [0.717, 1.165) is 51.0 Å². The van der Waals surface area contributed by atoms with Gasteiger partial charge in [0.15, 0.2) is 0 Å². The van der Waals surface area contributed by atoms with Crippen LogP contribution in [0.5, 0.6) is 0 Å². The second-order valence-corrected chi connectivity index (χ2v) is 8.49. The molecule has 7 nitrogen and oxygen atoms in total. The second kappa shape index (κ2) is 9.69. The van der Waals surface area contributed by atoms with Gasteiger partial charge in [-0.15, -0.1) is 0 Å². The highest BCUT2D eigenvalue weighted by molar-refractivity contribution is 6.22. The number of amides is 3. The molecule has 1 aromatic heterocycles. The number of hydrogen-bond acceptors (Lipinski definition) is 5. The molecule has 1 N–H and O–H groups in total. The quantitative estimate of drug-likeness (QED) is 0.631. The molecule has 4 rings (SSSR count). The van der Waals surface area contributed by atoms with E-state index >= 15 is 0 Å². The Morgan fingerprint density at radius 3 is 2.47 bits per heavy atom. The number of carbonyl (C=O) groups is 3. The Kier molecular flexibility index (Phi) is 6.74. The van der Waals surface area contributed by atoms with Gasteiger partial charge in [0.1, 0.15) is 5.76 Å². The lowest BCUT2D eigenvalue weighted by molar-refractivity contribution is 0.0548. The summed E-state index contributed by atoms with van der Waals surface area (Å²) in [4.78, 5) is 42.4. The molecule has 1 aromatic carbocycles. The van der Waals surface area contributed by atoms with Crippen LogP contribution in [-0.2, 0) is 0 Å². The minimum atomic E-state index is -0.275. The number of nitrogens with zero attached hydrogens (tertiary/aromatic N) is 2. The Balaban J connectivity index is 1.48. The van der Waals surface area contributed by atoms with E-state index < -0.39 is 0 Å². The molecule has 1 aliphatic carbocycles. The van der Waals surface area contributed by atoms with Gasteiger partial charge in [0, 0.05) is 18.2 Å². The molecule has 2 aliphatic rings. The molecule has 7 heteroatoms. The van der Waals surface area contributed by atoms with Gasteiger partial charge in [-0.1, -0.05) is 33.1 Å². The third kappa shape index (κ3) is 4.21. The predicted molar refractivity (Wildman–Crippen MR) is 121 cm³/mol. The fourth-order valence-corrected chi connectivity index (χ4v) is 4.92. The van der Waals surface area contributed by atoms with Crippen LogP contribution >= 0.6 is 0 Å². The maximum absolute atomic E-state index is 13.0. The van der Waals surface area contributed by atoms with E-state index in [1.807, 2.05) is 12.1 Å². The Morgan fingerprint density at radius 2 is 1.81 bits per heavy atom. The summed E-state index contributed by atoms with van der Waals surface area (Å²) >= 11 is 0. The van der Waals surface area contributed by atoms with Crippen molar-refractivity contribution >= 4 is 17.7 Å². The van der Waals surface area contributed by atoms with Crippen LogP contribution in [0.4, 0.5) is 0 Å². The monoisotopic (exact) mass is 437 g/mol. The molecule has 1 unspecified atom stereocenters. The van der Waals surface area contributed by atoms with Gasteiger partial charge < -0.3 is 9.73 Å². The molecule has 0 radical (unpaired) electrons. The summed E-state index contributed by atoms with van der Waals surface area (Å²) in [6, 6.07) is 8.45. The van der Waals surface area contributed by atoms with Crippen molar-refractivity contribution in [1.29, 1.82) is 0 Å². The third-order valence-electron chi connectivity index (χ3n) is 6.70. The Labute approximate surface area is 188 Å². The Bertz CT molecular complexity index is 975. The molecular formula is C25H31N3O4. The Hall–Kier alpha value is -2.93. The van der Waals surface area contributed by atoms with E-state index in [9.17, 15) is 14.4 Å². The standard InChI is InChI=1S/C25H31N3O4/c1-3-27(4-2)21(22-11-8-14-32-22)16-26-23(29)17-12-13-19-20(15-17)25(31)28(24(19)30)18-9-6-5-7-10-18/h8,11-15,18,21H,3-7,9-10,16H2,1-2H3,(H,26,29). The maximum Gasteiger partial charge on any atom is 0.261 e. The van der Waals surface area contributed by atoms with E-state index in [4.69, 9.17) is 4.42 Å². The van der Waals surface area contributed by atoms with Gasteiger partial charge in [0.05, 0.1) is 23.4 Å². The summed E-state index contributed by atoms with van der Waals surface area (Å²) < 4.78 is 5.59. The van der Waals surface area contributed by atoms with Crippen LogP contribution in [0.1, 0.15) is 88.8 Å². The molecular weight excluding hydrogens is 406 g/mol. The van der Waals surface area contributed by atoms with E-state index in [1.54, 1.807) is 24.5 Å². The molecule has 1 atom stereocenters. The van der Waals surface area contributed by atoms with Gasteiger partial charge >= 0.3 is 0 Å². The van der Waals surface area contributed by atoms with Crippen LogP contribution in [0, 0.1) is 0 Å². The molecule has 0 saturated heterocycles. The normalized spacial score (nSPS) is 17.7. The van der Waals surface area contributed by atoms with Crippen molar-refractivity contribution in [2.45, 2.75) is 58.0 Å². The fraction of sp³-hybridized carbons (Fsp3) is 0.480. The topological polar surface area (TPSA) is 82.9 Å².